The van der Waals surface area contributed by atoms with Crippen LogP contribution >= 0.6 is 11.8 Å². The molecule has 138 valence electrons. The van der Waals surface area contributed by atoms with E-state index in [-0.39, 0.29) is 18.3 Å². The van der Waals surface area contributed by atoms with E-state index in [1.807, 2.05) is 24.3 Å². The van der Waals surface area contributed by atoms with E-state index in [2.05, 4.69) is 22.3 Å². The standard InChI is InChI=1S/C19H18FN5OS/c1-13-10-11-24(16-4-2-3-5-17(16)27-13)18(26)12-25-22-19(21-23-25)14-6-8-15(20)9-7-14/h2-9,13H,10-12H2,1H3. The average Bonchev–Trinajstić information content (AvgIpc) is 3.04. The number of hydrogen-bond donors (Lipinski definition) is 0. The molecule has 27 heavy (non-hydrogen) atoms. The van der Waals surface area contributed by atoms with E-state index < -0.39 is 0 Å². The second kappa shape index (κ2) is 7.48. The van der Waals surface area contributed by atoms with Crippen LogP contribution in [0.4, 0.5) is 10.1 Å². The average molecular weight is 383 g/mol. The van der Waals surface area contributed by atoms with Crippen molar-refractivity contribution in [2.75, 3.05) is 11.4 Å². The molecule has 2 heterocycles. The number of rotatable bonds is 3. The van der Waals surface area contributed by atoms with Crippen molar-refractivity contribution in [3.8, 4) is 11.4 Å². The number of nitrogens with zero attached hydrogens (tertiary/aromatic N) is 5. The first kappa shape index (κ1) is 17.7. The van der Waals surface area contributed by atoms with Crippen LogP contribution in [0.2, 0.25) is 0 Å². The molecule has 6 nitrogen and oxygen atoms in total. The second-order valence-corrected chi connectivity index (χ2v) is 7.86. The molecule has 4 rings (SSSR count). The van der Waals surface area contributed by atoms with Crippen molar-refractivity contribution in [2.45, 2.75) is 30.0 Å². The molecule has 1 unspecified atom stereocenters. The minimum absolute atomic E-state index is 0.00156. The van der Waals surface area contributed by atoms with Gasteiger partial charge in [0, 0.05) is 22.3 Å². The fourth-order valence-corrected chi connectivity index (χ4v) is 4.09. The summed E-state index contributed by atoms with van der Waals surface area (Å²) in [4.78, 5) is 17.1. The predicted molar refractivity (Wildman–Crippen MR) is 102 cm³/mol. The Morgan fingerprint density at radius 2 is 2.00 bits per heavy atom. The Balaban J connectivity index is 1.53. The van der Waals surface area contributed by atoms with Crippen LogP contribution in [-0.4, -0.2) is 37.9 Å². The summed E-state index contributed by atoms with van der Waals surface area (Å²) in [6, 6.07) is 13.8. The van der Waals surface area contributed by atoms with Gasteiger partial charge in [0.25, 0.3) is 5.91 Å². The Bertz CT molecular complexity index is 959. The highest BCUT2D eigenvalue weighted by molar-refractivity contribution is 8.00. The zero-order chi connectivity index (χ0) is 18.8. The van der Waals surface area contributed by atoms with Gasteiger partial charge in [-0.15, -0.1) is 22.0 Å². The van der Waals surface area contributed by atoms with Crippen molar-refractivity contribution in [1.29, 1.82) is 0 Å². The van der Waals surface area contributed by atoms with Crippen LogP contribution in [0.3, 0.4) is 0 Å². The molecule has 2 aromatic carbocycles. The molecule has 8 heteroatoms. The number of anilines is 1. The topological polar surface area (TPSA) is 63.9 Å². The summed E-state index contributed by atoms with van der Waals surface area (Å²) in [6.45, 7) is 2.83. The van der Waals surface area contributed by atoms with Crippen LogP contribution in [-0.2, 0) is 11.3 Å². The SMILES string of the molecule is CC1CCN(C(=O)Cn2nnc(-c3ccc(F)cc3)n2)c2ccccc2S1. The maximum atomic E-state index is 13.1. The second-order valence-electron chi connectivity index (χ2n) is 6.38. The molecular formula is C19H18FN5OS. The molecule has 1 aromatic heterocycles. The smallest absolute Gasteiger partial charge is 0.250 e. The Hall–Kier alpha value is -2.74. The zero-order valence-electron chi connectivity index (χ0n) is 14.7. The number of thioether (sulfide) groups is 1. The van der Waals surface area contributed by atoms with Gasteiger partial charge in [-0.05, 0) is 48.0 Å². The molecule has 1 aliphatic rings. The first-order chi connectivity index (χ1) is 13.1. The van der Waals surface area contributed by atoms with Gasteiger partial charge in [0.2, 0.25) is 5.82 Å². The molecule has 0 fully saturated rings. The maximum Gasteiger partial charge on any atom is 0.250 e. The first-order valence-electron chi connectivity index (χ1n) is 8.70. The van der Waals surface area contributed by atoms with Crippen molar-refractivity contribution >= 4 is 23.4 Å². The predicted octanol–water partition coefficient (Wildman–Crippen LogP) is 3.40. The van der Waals surface area contributed by atoms with Crippen LogP contribution in [0.1, 0.15) is 13.3 Å². The zero-order valence-corrected chi connectivity index (χ0v) is 15.6. The van der Waals surface area contributed by atoms with Gasteiger partial charge >= 0.3 is 0 Å². The summed E-state index contributed by atoms with van der Waals surface area (Å²) >= 11 is 1.79. The normalized spacial score (nSPS) is 16.7. The third-order valence-corrected chi connectivity index (χ3v) is 5.61. The lowest BCUT2D eigenvalue weighted by Gasteiger charge is -2.22. The Labute approximate surface area is 160 Å². The summed E-state index contributed by atoms with van der Waals surface area (Å²) in [5.41, 5.74) is 1.58. The minimum Gasteiger partial charge on any atom is -0.310 e. The maximum absolute atomic E-state index is 13.1. The number of benzene rings is 2. The molecule has 0 saturated heterocycles. The minimum atomic E-state index is -0.326. The van der Waals surface area contributed by atoms with Crippen LogP contribution < -0.4 is 4.90 Å². The lowest BCUT2D eigenvalue weighted by atomic mass is 10.2. The van der Waals surface area contributed by atoms with Crippen LogP contribution in [0.15, 0.2) is 53.4 Å². The van der Waals surface area contributed by atoms with Crippen LogP contribution in [0.5, 0.6) is 0 Å². The fourth-order valence-electron chi connectivity index (χ4n) is 2.98. The molecule has 1 aliphatic heterocycles. The molecule has 0 aliphatic carbocycles. The number of hydrogen-bond acceptors (Lipinski definition) is 5. The quantitative estimate of drug-likeness (QED) is 0.694. The number of amides is 1. The summed E-state index contributed by atoms with van der Waals surface area (Å²) in [6.07, 6.45) is 0.913. The van der Waals surface area contributed by atoms with Crippen LogP contribution in [0, 0.1) is 5.82 Å². The number of para-hydroxylation sites is 1. The molecule has 0 N–H and O–H groups in total. The highest BCUT2D eigenvalue weighted by Crippen LogP contribution is 2.37. The van der Waals surface area contributed by atoms with E-state index in [9.17, 15) is 9.18 Å². The number of halogens is 1. The van der Waals surface area contributed by atoms with Gasteiger partial charge in [0.1, 0.15) is 12.4 Å². The highest BCUT2D eigenvalue weighted by atomic mass is 32.2. The van der Waals surface area contributed by atoms with Gasteiger partial charge in [0.15, 0.2) is 0 Å². The number of tetrazole rings is 1. The van der Waals surface area contributed by atoms with Gasteiger partial charge < -0.3 is 4.90 Å². The van der Waals surface area contributed by atoms with Crippen molar-refractivity contribution in [2.24, 2.45) is 0 Å². The lowest BCUT2D eigenvalue weighted by Crippen LogP contribution is -2.35. The van der Waals surface area contributed by atoms with E-state index >= 15 is 0 Å². The molecule has 0 bridgehead atoms. The van der Waals surface area contributed by atoms with Crippen molar-refractivity contribution in [3.63, 3.8) is 0 Å². The van der Waals surface area contributed by atoms with Gasteiger partial charge in [-0.1, -0.05) is 19.1 Å². The number of aromatic nitrogens is 4. The van der Waals surface area contributed by atoms with E-state index in [4.69, 9.17) is 0 Å². The first-order valence-corrected chi connectivity index (χ1v) is 9.58. The third kappa shape index (κ3) is 3.85. The van der Waals surface area contributed by atoms with E-state index in [1.54, 1.807) is 28.8 Å². The number of carbonyl (C=O) groups is 1. The van der Waals surface area contributed by atoms with Gasteiger partial charge in [0.05, 0.1) is 5.69 Å². The van der Waals surface area contributed by atoms with Crippen molar-refractivity contribution < 1.29 is 9.18 Å². The lowest BCUT2D eigenvalue weighted by molar-refractivity contribution is -0.119. The highest BCUT2D eigenvalue weighted by Gasteiger charge is 2.24. The Morgan fingerprint density at radius 3 is 2.81 bits per heavy atom. The summed E-state index contributed by atoms with van der Waals surface area (Å²) in [5.74, 6) is -0.0447. The van der Waals surface area contributed by atoms with Gasteiger partial charge in [-0.2, -0.15) is 4.80 Å². The monoisotopic (exact) mass is 383 g/mol. The molecule has 0 spiro atoms. The summed E-state index contributed by atoms with van der Waals surface area (Å²) in [7, 11) is 0. The molecule has 3 aromatic rings. The number of fused-ring (bicyclic) bond motifs is 1. The molecule has 0 radical (unpaired) electrons. The van der Waals surface area contributed by atoms with Crippen molar-refractivity contribution in [1.82, 2.24) is 20.2 Å². The van der Waals surface area contributed by atoms with Gasteiger partial charge in [-0.3, -0.25) is 4.79 Å². The summed E-state index contributed by atoms with van der Waals surface area (Å²) in [5, 5.41) is 12.6. The van der Waals surface area contributed by atoms with E-state index in [0.29, 0.717) is 23.2 Å². The largest absolute Gasteiger partial charge is 0.310 e. The molecule has 0 saturated carbocycles. The third-order valence-electron chi connectivity index (χ3n) is 4.38. The molecule has 1 amide bonds. The fraction of sp³-hybridized carbons (Fsp3) is 0.263. The number of carbonyl (C=O) groups excluding carboxylic acids is 1. The van der Waals surface area contributed by atoms with E-state index in [0.717, 1.165) is 17.0 Å². The van der Waals surface area contributed by atoms with Gasteiger partial charge in [-0.25, -0.2) is 4.39 Å². The van der Waals surface area contributed by atoms with Crippen LogP contribution in [0.25, 0.3) is 11.4 Å². The van der Waals surface area contributed by atoms with E-state index in [1.165, 1.54) is 16.9 Å². The molecule has 1 atom stereocenters. The Kier molecular flexibility index (Phi) is 4.89. The van der Waals surface area contributed by atoms with Crippen molar-refractivity contribution in [3.05, 3.63) is 54.3 Å². The Morgan fingerprint density at radius 1 is 1.22 bits per heavy atom. The molecular weight excluding hydrogens is 365 g/mol. The summed E-state index contributed by atoms with van der Waals surface area (Å²) < 4.78 is 13.1.